The van der Waals surface area contributed by atoms with Gasteiger partial charge in [0, 0.05) is 17.8 Å². The summed E-state index contributed by atoms with van der Waals surface area (Å²) in [7, 11) is 0. The lowest BCUT2D eigenvalue weighted by Crippen LogP contribution is -2.45. The van der Waals surface area contributed by atoms with E-state index in [1.54, 1.807) is 24.3 Å². The number of rotatable bonds is 5. The first-order valence-electron chi connectivity index (χ1n) is 7.56. The molecule has 4 N–H and O–H groups in total. The summed E-state index contributed by atoms with van der Waals surface area (Å²) < 4.78 is 0. The van der Waals surface area contributed by atoms with Gasteiger partial charge in [0.15, 0.2) is 0 Å². The molecule has 0 unspecified atom stereocenters. The summed E-state index contributed by atoms with van der Waals surface area (Å²) in [6.45, 7) is 9.76. The average Bonchev–Trinajstić information content (AvgIpc) is 2.38. The third kappa shape index (κ3) is 7.48. The van der Waals surface area contributed by atoms with Crippen molar-refractivity contribution in [1.82, 2.24) is 0 Å². The highest BCUT2D eigenvalue weighted by atomic mass is 35.5. The Labute approximate surface area is 144 Å². The zero-order valence-electron chi connectivity index (χ0n) is 14.5. The number of nitrogens with two attached hydrogens (primary N) is 1. The van der Waals surface area contributed by atoms with Crippen molar-refractivity contribution < 1.29 is 9.59 Å². The fraction of sp³-hybridized carbons (Fsp3) is 0.529. The number of halogens is 1. The summed E-state index contributed by atoms with van der Waals surface area (Å²) in [6, 6.07) is 6.43. The molecule has 0 aromatic heterocycles. The predicted octanol–water partition coefficient (Wildman–Crippen LogP) is 3.40. The van der Waals surface area contributed by atoms with E-state index >= 15 is 0 Å². The van der Waals surface area contributed by atoms with Crippen molar-refractivity contribution in [2.24, 2.45) is 17.1 Å². The molecule has 5 nitrogen and oxygen atoms in total. The molecule has 0 fully saturated rings. The second-order valence-electron chi connectivity index (χ2n) is 7.06. The lowest BCUT2D eigenvalue weighted by atomic mass is 9.87. The molecule has 2 amide bonds. The lowest BCUT2D eigenvalue weighted by Gasteiger charge is -2.25. The van der Waals surface area contributed by atoms with Crippen molar-refractivity contribution in [2.45, 2.75) is 47.1 Å². The summed E-state index contributed by atoms with van der Waals surface area (Å²) in [6.07, 6.45) is 0.485. The van der Waals surface area contributed by atoms with Crippen molar-refractivity contribution in [3.05, 3.63) is 24.3 Å². The van der Waals surface area contributed by atoms with Crippen LogP contribution in [0.1, 0.15) is 41.0 Å². The largest absolute Gasteiger partial charge is 0.326 e. The number of carbonyl (C=O) groups is 2. The van der Waals surface area contributed by atoms with E-state index < -0.39 is 6.04 Å². The lowest BCUT2D eigenvalue weighted by molar-refractivity contribution is -0.119. The van der Waals surface area contributed by atoms with Gasteiger partial charge in [-0.1, -0.05) is 34.6 Å². The normalized spacial score (nSPS) is 12.3. The van der Waals surface area contributed by atoms with Gasteiger partial charge in [0.05, 0.1) is 6.04 Å². The van der Waals surface area contributed by atoms with Crippen LogP contribution in [0.5, 0.6) is 0 Å². The summed E-state index contributed by atoms with van der Waals surface area (Å²) in [5.41, 5.74) is 6.99. The van der Waals surface area contributed by atoms with Crippen molar-refractivity contribution in [1.29, 1.82) is 0 Å². The number of hydrogen-bond donors (Lipinski definition) is 3. The highest BCUT2D eigenvalue weighted by Crippen LogP contribution is 2.20. The number of benzene rings is 1. The molecule has 0 spiro atoms. The monoisotopic (exact) mass is 341 g/mol. The Bertz CT molecular complexity index is 522. The molecule has 0 aliphatic carbocycles. The molecule has 0 heterocycles. The van der Waals surface area contributed by atoms with E-state index in [0.717, 1.165) is 0 Å². The number of nitrogens with one attached hydrogen (secondary N) is 2. The van der Waals surface area contributed by atoms with Crippen molar-refractivity contribution in [3.63, 3.8) is 0 Å². The molecule has 1 rings (SSSR count). The molecule has 0 saturated heterocycles. The van der Waals surface area contributed by atoms with Crippen LogP contribution in [0.4, 0.5) is 11.4 Å². The Morgan fingerprint density at radius 2 is 1.48 bits per heavy atom. The molecule has 23 heavy (non-hydrogen) atoms. The van der Waals surface area contributed by atoms with Gasteiger partial charge in [0.2, 0.25) is 11.8 Å². The summed E-state index contributed by atoms with van der Waals surface area (Å²) >= 11 is 0. The van der Waals surface area contributed by atoms with E-state index in [1.165, 1.54) is 0 Å². The molecular weight excluding hydrogens is 314 g/mol. The van der Waals surface area contributed by atoms with Crippen LogP contribution in [0.2, 0.25) is 0 Å². The second kappa shape index (κ2) is 8.89. The van der Waals surface area contributed by atoms with Crippen LogP contribution in [0.3, 0.4) is 0 Å². The van der Waals surface area contributed by atoms with Crippen LogP contribution in [0, 0.1) is 11.3 Å². The quantitative estimate of drug-likeness (QED) is 0.767. The number of amides is 2. The fourth-order valence-electron chi connectivity index (χ4n) is 1.83. The first kappa shape index (κ1) is 21.4. The maximum Gasteiger partial charge on any atom is 0.241 e. The molecule has 1 aromatic rings. The Kier molecular flexibility index (Phi) is 8.28. The molecule has 0 radical (unpaired) electrons. The first-order valence-corrected chi connectivity index (χ1v) is 7.56. The highest BCUT2D eigenvalue weighted by Gasteiger charge is 2.27. The highest BCUT2D eigenvalue weighted by molar-refractivity contribution is 5.96. The molecule has 130 valence electrons. The number of anilines is 2. The number of carbonyl (C=O) groups excluding carboxylic acids is 2. The van der Waals surface area contributed by atoms with Crippen molar-refractivity contribution in [2.75, 3.05) is 10.6 Å². The third-order valence-corrected chi connectivity index (χ3v) is 3.25. The predicted molar refractivity (Wildman–Crippen MR) is 97.8 cm³/mol. The molecule has 0 bridgehead atoms. The molecule has 0 aliphatic heterocycles. The van der Waals surface area contributed by atoms with E-state index in [1.807, 2.05) is 34.6 Å². The molecular formula is C17H28ClN3O2. The maximum atomic E-state index is 12.0. The topological polar surface area (TPSA) is 84.2 Å². The van der Waals surface area contributed by atoms with Gasteiger partial charge >= 0.3 is 0 Å². The fourth-order valence-corrected chi connectivity index (χ4v) is 1.83. The van der Waals surface area contributed by atoms with E-state index in [2.05, 4.69) is 10.6 Å². The SMILES string of the molecule is CC(C)CC(=O)Nc1ccc(NC(=O)[C@@H](N)C(C)(C)C)cc1.Cl. The minimum atomic E-state index is -0.585. The molecule has 1 atom stereocenters. The zero-order valence-corrected chi connectivity index (χ0v) is 15.3. The van der Waals surface area contributed by atoms with Gasteiger partial charge in [-0.3, -0.25) is 9.59 Å². The van der Waals surface area contributed by atoms with Crippen LogP contribution in [0.25, 0.3) is 0 Å². The Morgan fingerprint density at radius 1 is 1.04 bits per heavy atom. The van der Waals surface area contributed by atoms with Gasteiger partial charge in [-0.05, 0) is 35.6 Å². The van der Waals surface area contributed by atoms with Crippen LogP contribution < -0.4 is 16.4 Å². The molecule has 0 saturated carbocycles. The Balaban J connectivity index is 0.00000484. The molecule has 0 aliphatic rings. The number of hydrogen-bond acceptors (Lipinski definition) is 3. The summed E-state index contributed by atoms with van der Waals surface area (Å²) in [4.78, 5) is 23.7. The van der Waals surface area contributed by atoms with Gasteiger partial charge in [-0.25, -0.2) is 0 Å². The third-order valence-electron chi connectivity index (χ3n) is 3.25. The molecule has 6 heteroatoms. The minimum Gasteiger partial charge on any atom is -0.326 e. The van der Waals surface area contributed by atoms with Gasteiger partial charge in [0.25, 0.3) is 0 Å². The first-order chi connectivity index (χ1) is 10.1. The minimum absolute atomic E-state index is 0. The Morgan fingerprint density at radius 3 is 1.87 bits per heavy atom. The van der Waals surface area contributed by atoms with E-state index in [0.29, 0.717) is 23.7 Å². The van der Waals surface area contributed by atoms with E-state index in [-0.39, 0.29) is 29.6 Å². The summed E-state index contributed by atoms with van der Waals surface area (Å²) in [5, 5.41) is 5.61. The Hall–Kier alpha value is -1.59. The maximum absolute atomic E-state index is 12.0. The van der Waals surface area contributed by atoms with Gasteiger partial charge in [0.1, 0.15) is 0 Å². The van der Waals surface area contributed by atoms with Crippen LogP contribution in [-0.2, 0) is 9.59 Å². The zero-order chi connectivity index (χ0) is 16.9. The van der Waals surface area contributed by atoms with E-state index in [4.69, 9.17) is 5.73 Å². The van der Waals surface area contributed by atoms with E-state index in [9.17, 15) is 9.59 Å². The van der Waals surface area contributed by atoms with Gasteiger partial charge in [-0.15, -0.1) is 12.4 Å². The second-order valence-corrected chi connectivity index (χ2v) is 7.06. The van der Waals surface area contributed by atoms with Crippen molar-refractivity contribution >= 4 is 35.6 Å². The smallest absolute Gasteiger partial charge is 0.241 e. The summed E-state index contributed by atoms with van der Waals surface area (Å²) in [5.74, 6) is 0.0862. The average molecular weight is 342 g/mol. The molecule has 1 aromatic carbocycles. The standard InChI is InChI=1S/C17H27N3O2.ClH/c1-11(2)10-14(21)19-12-6-8-13(9-7-12)20-16(22)15(18)17(3,4)5;/h6-9,11,15H,10,18H2,1-5H3,(H,19,21)(H,20,22);1H/t15-;/m1./s1. The van der Waals surface area contributed by atoms with Gasteiger partial charge in [-0.2, -0.15) is 0 Å². The van der Waals surface area contributed by atoms with Gasteiger partial charge < -0.3 is 16.4 Å². The van der Waals surface area contributed by atoms with Crippen LogP contribution in [-0.4, -0.2) is 17.9 Å². The van der Waals surface area contributed by atoms with Crippen LogP contribution in [0.15, 0.2) is 24.3 Å². The van der Waals surface area contributed by atoms with Crippen molar-refractivity contribution in [3.8, 4) is 0 Å². The van der Waals surface area contributed by atoms with Crippen LogP contribution >= 0.6 is 12.4 Å².